The average Bonchev–Trinajstić information content (AvgIpc) is 3.20. The Morgan fingerprint density at radius 1 is 1.05 bits per heavy atom. The summed E-state index contributed by atoms with van der Waals surface area (Å²) in [5, 5.41) is 17.1. The molecule has 10 atom stereocenters. The summed E-state index contributed by atoms with van der Waals surface area (Å²) in [6.07, 6.45) is 6.43. The Hall–Kier alpha value is -0.980. The van der Waals surface area contributed by atoms with Gasteiger partial charge in [0, 0.05) is 6.42 Å². The predicted octanol–water partition coefficient (Wildman–Crippen LogP) is 5.05. The van der Waals surface area contributed by atoms with Crippen molar-refractivity contribution in [3.63, 3.8) is 0 Å². The molecule has 0 aromatic heterocycles. The van der Waals surface area contributed by atoms with E-state index in [9.17, 15) is 41.0 Å². The summed E-state index contributed by atoms with van der Waals surface area (Å²) in [5.74, 6) is -5.70. The number of rotatable bonds is 8. The van der Waals surface area contributed by atoms with Crippen molar-refractivity contribution in [1.82, 2.24) is 0 Å². The number of fused-ring (bicyclic) bond motifs is 5. The van der Waals surface area contributed by atoms with E-state index in [0.29, 0.717) is 12.3 Å². The predicted molar refractivity (Wildman–Crippen MR) is 133 cm³/mol. The molecule has 0 aliphatic heterocycles. The van der Waals surface area contributed by atoms with Crippen molar-refractivity contribution in [3.8, 4) is 0 Å². The molecule has 0 aromatic carbocycles. The Bertz CT molecular complexity index is 1040. The summed E-state index contributed by atoms with van der Waals surface area (Å²) < 4.78 is 88.0. The molecule has 12 heteroatoms. The summed E-state index contributed by atoms with van der Waals surface area (Å²) in [5.41, 5.74) is -0.389. The number of halogens is 4. The molecule has 0 aromatic rings. The molecule has 3 N–H and O–H groups in total. The van der Waals surface area contributed by atoms with Gasteiger partial charge in [-0.25, -0.2) is 0 Å². The molecule has 4 saturated carbocycles. The molecule has 0 amide bonds. The van der Waals surface area contributed by atoms with Gasteiger partial charge in [0.05, 0.1) is 12.2 Å². The Morgan fingerprint density at radius 2 is 1.72 bits per heavy atom. The smallest absolute Gasteiger partial charge is 0.435 e. The third-order valence-electron chi connectivity index (χ3n) is 11.4. The normalized spacial score (nSPS) is 41.7. The fourth-order valence-electron chi connectivity index (χ4n) is 9.25. The van der Waals surface area contributed by atoms with Crippen molar-refractivity contribution in [3.05, 3.63) is 0 Å². The van der Waals surface area contributed by atoms with Crippen LogP contribution in [0.15, 0.2) is 0 Å². The zero-order chi connectivity index (χ0) is 29.2. The van der Waals surface area contributed by atoms with Gasteiger partial charge in [0.25, 0.3) is 0 Å². The topological polar surface area (TPSA) is 121 Å². The van der Waals surface area contributed by atoms with E-state index in [2.05, 4.69) is 18.6 Å². The summed E-state index contributed by atoms with van der Waals surface area (Å²) in [4.78, 5) is 12.1. The highest BCUT2D eigenvalue weighted by atomic mass is 32.2. The van der Waals surface area contributed by atoms with Crippen LogP contribution in [0.2, 0.25) is 0 Å². The SMILES string of the molecule is C[C@H](CCC(=O)OCC(F)(F)C(F)(F)S(=O)(=O)O)[C@H]1CC[C@H]2[C@@H]3[C@H](O)C[C@@H]4CCCC[C@]4(C)[C@H]3C[C@H](O)[C@]12C. The van der Waals surface area contributed by atoms with Crippen LogP contribution in [0.5, 0.6) is 0 Å². The number of hydrogen-bond acceptors (Lipinski definition) is 6. The minimum absolute atomic E-state index is 0.000594. The summed E-state index contributed by atoms with van der Waals surface area (Å²) >= 11 is 0. The van der Waals surface area contributed by atoms with Gasteiger partial charge < -0.3 is 14.9 Å². The van der Waals surface area contributed by atoms with E-state index in [-0.39, 0.29) is 47.8 Å². The second-order valence-corrected chi connectivity index (χ2v) is 14.7. The maximum absolute atomic E-state index is 13.7. The van der Waals surface area contributed by atoms with Gasteiger partial charge in [0.15, 0.2) is 6.61 Å². The number of ether oxygens (including phenoxy) is 1. The third-order valence-corrected chi connectivity index (χ3v) is 12.4. The van der Waals surface area contributed by atoms with Crippen molar-refractivity contribution < 1.29 is 50.3 Å². The zero-order valence-electron chi connectivity index (χ0n) is 22.8. The minimum atomic E-state index is -6.41. The van der Waals surface area contributed by atoms with Crippen LogP contribution >= 0.6 is 0 Å². The Labute approximate surface area is 227 Å². The molecule has 0 bridgehead atoms. The summed E-state index contributed by atoms with van der Waals surface area (Å²) in [6.45, 7) is 4.12. The van der Waals surface area contributed by atoms with Gasteiger partial charge in [-0.3, -0.25) is 9.35 Å². The molecule has 39 heavy (non-hydrogen) atoms. The number of esters is 1. The second kappa shape index (κ2) is 10.4. The Morgan fingerprint density at radius 3 is 2.36 bits per heavy atom. The van der Waals surface area contributed by atoms with Crippen molar-refractivity contribution in [2.75, 3.05) is 6.61 Å². The molecule has 4 aliphatic carbocycles. The zero-order valence-corrected chi connectivity index (χ0v) is 23.6. The van der Waals surface area contributed by atoms with Gasteiger partial charge in [-0.2, -0.15) is 26.0 Å². The van der Waals surface area contributed by atoms with Crippen molar-refractivity contribution in [2.45, 2.75) is 108 Å². The quantitative estimate of drug-likeness (QED) is 0.207. The van der Waals surface area contributed by atoms with E-state index in [1.54, 1.807) is 0 Å². The fraction of sp³-hybridized carbons (Fsp3) is 0.963. The standard InChI is InChI=1S/C27H42F4O7S/c1-15(7-10-22(34)38-14-26(28,29)27(30,31)39(35,36)37)17-8-9-18-23-19(13-21(33)25(17,18)3)24(2)11-5-4-6-16(24)12-20(23)32/h15-21,23,32-33H,4-14H2,1-3H3,(H,35,36,37)/t15-,16+,17-,18+,19+,20-,21+,23+,24+,25-/m1/s1. The number of carbonyl (C=O) groups excluding carboxylic acids is 1. The molecular weight excluding hydrogens is 544 g/mol. The largest absolute Gasteiger partial charge is 0.459 e. The third kappa shape index (κ3) is 5.03. The fourth-order valence-corrected chi connectivity index (χ4v) is 9.69. The number of hydrogen-bond donors (Lipinski definition) is 3. The van der Waals surface area contributed by atoms with Gasteiger partial charge in [-0.15, -0.1) is 0 Å². The van der Waals surface area contributed by atoms with Crippen molar-refractivity contribution in [1.29, 1.82) is 0 Å². The van der Waals surface area contributed by atoms with Crippen LogP contribution in [0.3, 0.4) is 0 Å². The molecule has 0 radical (unpaired) electrons. The van der Waals surface area contributed by atoms with Crippen LogP contribution in [0.25, 0.3) is 0 Å². The monoisotopic (exact) mass is 586 g/mol. The van der Waals surface area contributed by atoms with Crippen LogP contribution in [0.4, 0.5) is 17.6 Å². The van der Waals surface area contributed by atoms with E-state index in [1.807, 2.05) is 6.92 Å². The number of carbonyl (C=O) groups is 1. The van der Waals surface area contributed by atoms with E-state index in [1.165, 1.54) is 12.8 Å². The van der Waals surface area contributed by atoms with E-state index in [0.717, 1.165) is 32.1 Å². The lowest BCUT2D eigenvalue weighted by molar-refractivity contribution is -0.201. The van der Waals surface area contributed by atoms with Gasteiger partial charge >= 0.3 is 27.3 Å². The minimum Gasteiger partial charge on any atom is -0.459 e. The van der Waals surface area contributed by atoms with Gasteiger partial charge in [-0.05, 0) is 91.3 Å². The van der Waals surface area contributed by atoms with Crippen LogP contribution in [0, 0.1) is 46.3 Å². The van der Waals surface area contributed by atoms with Crippen LogP contribution in [-0.4, -0.2) is 59.1 Å². The van der Waals surface area contributed by atoms with Gasteiger partial charge in [0.1, 0.15) is 0 Å². The highest BCUT2D eigenvalue weighted by Gasteiger charge is 2.67. The molecule has 0 spiro atoms. The first-order valence-corrected chi connectivity index (χ1v) is 15.6. The first kappa shape index (κ1) is 31.0. The first-order chi connectivity index (χ1) is 17.9. The molecule has 0 saturated heterocycles. The van der Waals surface area contributed by atoms with Crippen LogP contribution in [-0.2, 0) is 19.6 Å². The molecule has 7 nitrogen and oxygen atoms in total. The molecule has 226 valence electrons. The molecular formula is C27H42F4O7S. The molecule has 0 unspecified atom stereocenters. The maximum Gasteiger partial charge on any atom is 0.435 e. The highest BCUT2D eigenvalue weighted by Crippen LogP contribution is 2.68. The van der Waals surface area contributed by atoms with Crippen LogP contribution < -0.4 is 0 Å². The summed E-state index contributed by atoms with van der Waals surface area (Å²) in [6, 6.07) is 0. The summed E-state index contributed by atoms with van der Waals surface area (Å²) in [7, 11) is -6.41. The highest BCUT2D eigenvalue weighted by molar-refractivity contribution is 7.87. The lowest BCUT2D eigenvalue weighted by atomic mass is 9.43. The van der Waals surface area contributed by atoms with Crippen LogP contribution in [0.1, 0.15) is 85.0 Å². The lowest BCUT2D eigenvalue weighted by Crippen LogP contribution is -2.61. The maximum atomic E-state index is 13.7. The molecule has 4 aliphatic rings. The molecule has 0 heterocycles. The number of aliphatic hydroxyl groups is 2. The van der Waals surface area contributed by atoms with Gasteiger partial charge in [0.2, 0.25) is 0 Å². The lowest BCUT2D eigenvalue weighted by Gasteiger charge is -2.63. The van der Waals surface area contributed by atoms with Crippen molar-refractivity contribution in [2.24, 2.45) is 46.3 Å². The van der Waals surface area contributed by atoms with E-state index in [4.69, 9.17) is 4.55 Å². The van der Waals surface area contributed by atoms with E-state index >= 15 is 0 Å². The Kier molecular flexibility index (Phi) is 8.24. The average molecular weight is 587 g/mol. The van der Waals surface area contributed by atoms with Gasteiger partial charge in [-0.1, -0.05) is 33.6 Å². The molecule has 4 fully saturated rings. The number of alkyl halides is 4. The first-order valence-electron chi connectivity index (χ1n) is 14.1. The number of aliphatic hydroxyl groups excluding tert-OH is 2. The van der Waals surface area contributed by atoms with E-state index < -0.39 is 51.5 Å². The van der Waals surface area contributed by atoms with Crippen molar-refractivity contribution >= 4 is 16.1 Å². The Balaban J connectivity index is 1.40. The second-order valence-electron chi connectivity index (χ2n) is 13.2. The molecule has 4 rings (SSSR count).